The Balaban J connectivity index is 0.00000338. The lowest BCUT2D eigenvalue weighted by molar-refractivity contribution is 0.188. The van der Waals surface area contributed by atoms with Gasteiger partial charge in [-0.3, -0.25) is 4.99 Å². The van der Waals surface area contributed by atoms with Crippen LogP contribution >= 0.6 is 24.0 Å². The summed E-state index contributed by atoms with van der Waals surface area (Å²) in [5, 5.41) is 6.59. The van der Waals surface area contributed by atoms with Crippen molar-refractivity contribution < 1.29 is 4.39 Å². The molecule has 1 aromatic carbocycles. The van der Waals surface area contributed by atoms with Gasteiger partial charge in [0, 0.05) is 19.6 Å². The molecule has 0 saturated carbocycles. The number of aliphatic imine (C=N–C) groups is 1. The van der Waals surface area contributed by atoms with Crippen LogP contribution in [0.1, 0.15) is 38.7 Å². The molecule has 1 aromatic rings. The highest BCUT2D eigenvalue weighted by Gasteiger charge is 2.17. The van der Waals surface area contributed by atoms with Crippen LogP contribution in [-0.4, -0.2) is 50.1 Å². The first kappa shape index (κ1) is 23.1. The number of halogens is 2. The van der Waals surface area contributed by atoms with Crippen molar-refractivity contribution in [3.63, 3.8) is 0 Å². The number of nitrogens with one attached hydrogen (secondary N) is 2. The van der Waals surface area contributed by atoms with E-state index in [0.29, 0.717) is 13.0 Å². The number of likely N-dealkylation sites (tertiary alicyclic amines) is 1. The quantitative estimate of drug-likeness (QED) is 0.342. The standard InChI is InChI=1S/C20H33FN4.HI/c1-3-22-20(24-14-10-18-7-5-6-8-19(18)21)23-13-9-17-11-15-25(4-2)16-12-17;/h5-8,17H,3-4,9-16H2,1-2H3,(H2,22,23,24);1H. The Morgan fingerprint density at radius 2 is 1.92 bits per heavy atom. The number of piperidine rings is 1. The molecule has 0 bridgehead atoms. The summed E-state index contributed by atoms with van der Waals surface area (Å²) in [5.74, 6) is 1.50. The molecular weight excluding hydrogens is 442 g/mol. The van der Waals surface area contributed by atoms with Crippen molar-refractivity contribution in [3.8, 4) is 0 Å². The molecule has 26 heavy (non-hydrogen) atoms. The Bertz CT molecular complexity index is 530. The number of hydrogen-bond acceptors (Lipinski definition) is 2. The van der Waals surface area contributed by atoms with E-state index in [1.165, 1.54) is 38.5 Å². The molecular formula is C20H34FIN4. The second kappa shape index (κ2) is 13.3. The zero-order chi connectivity index (χ0) is 17.9. The molecule has 0 amide bonds. The molecule has 1 aliphatic rings. The molecule has 1 saturated heterocycles. The molecule has 1 fully saturated rings. The van der Waals surface area contributed by atoms with Crippen molar-refractivity contribution in [3.05, 3.63) is 35.6 Å². The van der Waals surface area contributed by atoms with Crippen LogP contribution in [0.2, 0.25) is 0 Å². The van der Waals surface area contributed by atoms with Crippen LogP contribution in [0, 0.1) is 11.7 Å². The van der Waals surface area contributed by atoms with Gasteiger partial charge in [-0.25, -0.2) is 4.39 Å². The van der Waals surface area contributed by atoms with Crippen LogP contribution in [0.15, 0.2) is 29.3 Å². The fourth-order valence-corrected chi connectivity index (χ4v) is 3.31. The first-order valence-corrected chi connectivity index (χ1v) is 9.70. The van der Waals surface area contributed by atoms with Gasteiger partial charge in [-0.05, 0) is 69.8 Å². The van der Waals surface area contributed by atoms with Gasteiger partial charge in [0.2, 0.25) is 0 Å². The minimum Gasteiger partial charge on any atom is -0.357 e. The third-order valence-corrected chi connectivity index (χ3v) is 4.95. The average Bonchev–Trinajstić information content (AvgIpc) is 2.64. The van der Waals surface area contributed by atoms with E-state index in [0.717, 1.165) is 37.0 Å². The monoisotopic (exact) mass is 476 g/mol. The van der Waals surface area contributed by atoms with Gasteiger partial charge in [-0.15, -0.1) is 24.0 Å². The van der Waals surface area contributed by atoms with Gasteiger partial charge < -0.3 is 15.5 Å². The molecule has 0 atom stereocenters. The normalized spacial score (nSPS) is 16.2. The number of rotatable bonds is 8. The van der Waals surface area contributed by atoms with Crippen molar-refractivity contribution >= 4 is 29.9 Å². The van der Waals surface area contributed by atoms with E-state index >= 15 is 0 Å². The maximum absolute atomic E-state index is 13.6. The number of nitrogens with zero attached hydrogens (tertiary/aromatic N) is 2. The lowest BCUT2D eigenvalue weighted by Crippen LogP contribution is -2.38. The largest absolute Gasteiger partial charge is 0.357 e. The fourth-order valence-electron chi connectivity index (χ4n) is 3.31. The topological polar surface area (TPSA) is 39.7 Å². The Morgan fingerprint density at radius 1 is 1.19 bits per heavy atom. The molecule has 2 N–H and O–H groups in total. The van der Waals surface area contributed by atoms with Crippen LogP contribution in [0.25, 0.3) is 0 Å². The van der Waals surface area contributed by atoms with Crippen molar-refractivity contribution in [2.45, 2.75) is 39.5 Å². The highest BCUT2D eigenvalue weighted by atomic mass is 127. The first-order valence-electron chi connectivity index (χ1n) is 9.70. The summed E-state index contributed by atoms with van der Waals surface area (Å²) in [7, 11) is 0. The average molecular weight is 476 g/mol. The summed E-state index contributed by atoms with van der Waals surface area (Å²) < 4.78 is 13.6. The van der Waals surface area contributed by atoms with E-state index in [2.05, 4.69) is 34.4 Å². The SMILES string of the molecule is CCNC(=NCCC1CCN(CC)CC1)NCCc1ccccc1F.I. The van der Waals surface area contributed by atoms with Crippen LogP contribution in [0.5, 0.6) is 0 Å². The number of benzene rings is 1. The summed E-state index contributed by atoms with van der Waals surface area (Å²) in [6.45, 7) is 10.3. The molecule has 4 nitrogen and oxygen atoms in total. The van der Waals surface area contributed by atoms with E-state index < -0.39 is 0 Å². The molecule has 0 unspecified atom stereocenters. The first-order chi connectivity index (χ1) is 12.2. The second-order valence-corrected chi connectivity index (χ2v) is 6.70. The van der Waals surface area contributed by atoms with E-state index in [1.54, 1.807) is 6.07 Å². The third-order valence-electron chi connectivity index (χ3n) is 4.95. The lowest BCUT2D eigenvalue weighted by atomic mass is 9.94. The Kier molecular flexibility index (Phi) is 11.8. The summed E-state index contributed by atoms with van der Waals surface area (Å²) in [6.07, 6.45) is 4.40. The minimum absolute atomic E-state index is 0. The highest BCUT2D eigenvalue weighted by molar-refractivity contribution is 14.0. The van der Waals surface area contributed by atoms with Crippen LogP contribution in [0.4, 0.5) is 4.39 Å². The zero-order valence-corrected chi connectivity index (χ0v) is 18.5. The van der Waals surface area contributed by atoms with Gasteiger partial charge >= 0.3 is 0 Å². The molecule has 2 rings (SSSR count). The summed E-state index contributed by atoms with van der Waals surface area (Å²) >= 11 is 0. The third kappa shape index (κ3) is 8.20. The smallest absolute Gasteiger partial charge is 0.191 e. The van der Waals surface area contributed by atoms with Gasteiger partial charge in [-0.2, -0.15) is 0 Å². The van der Waals surface area contributed by atoms with E-state index in [4.69, 9.17) is 0 Å². The molecule has 148 valence electrons. The number of guanidine groups is 1. The zero-order valence-electron chi connectivity index (χ0n) is 16.1. The molecule has 6 heteroatoms. The van der Waals surface area contributed by atoms with Gasteiger partial charge in [0.1, 0.15) is 5.82 Å². The molecule has 0 aromatic heterocycles. The summed E-state index contributed by atoms with van der Waals surface area (Å²) in [4.78, 5) is 7.21. The van der Waals surface area contributed by atoms with Crippen LogP contribution in [-0.2, 0) is 6.42 Å². The predicted octanol–water partition coefficient (Wildman–Crippen LogP) is 3.66. The Labute approximate surface area is 175 Å². The van der Waals surface area contributed by atoms with E-state index in [9.17, 15) is 4.39 Å². The van der Waals surface area contributed by atoms with Crippen LogP contribution in [0.3, 0.4) is 0 Å². The van der Waals surface area contributed by atoms with Crippen molar-refractivity contribution in [1.82, 2.24) is 15.5 Å². The van der Waals surface area contributed by atoms with Crippen LogP contribution < -0.4 is 10.6 Å². The molecule has 0 aliphatic carbocycles. The summed E-state index contributed by atoms with van der Waals surface area (Å²) in [5.41, 5.74) is 0.744. The van der Waals surface area contributed by atoms with Gasteiger partial charge in [0.25, 0.3) is 0 Å². The molecule has 0 spiro atoms. The maximum atomic E-state index is 13.6. The van der Waals surface area contributed by atoms with Gasteiger partial charge in [-0.1, -0.05) is 25.1 Å². The lowest BCUT2D eigenvalue weighted by Gasteiger charge is -2.30. The molecule has 1 aliphatic heterocycles. The Hall–Kier alpha value is -0.890. The van der Waals surface area contributed by atoms with Gasteiger partial charge in [0.05, 0.1) is 0 Å². The minimum atomic E-state index is -0.135. The molecule has 1 heterocycles. The highest BCUT2D eigenvalue weighted by Crippen LogP contribution is 2.20. The second-order valence-electron chi connectivity index (χ2n) is 6.70. The fraction of sp³-hybridized carbons (Fsp3) is 0.650. The summed E-state index contributed by atoms with van der Waals surface area (Å²) in [6, 6.07) is 6.95. The van der Waals surface area contributed by atoms with Gasteiger partial charge in [0.15, 0.2) is 5.96 Å². The van der Waals surface area contributed by atoms with Crippen molar-refractivity contribution in [1.29, 1.82) is 0 Å². The maximum Gasteiger partial charge on any atom is 0.191 e. The van der Waals surface area contributed by atoms with Crippen molar-refractivity contribution in [2.75, 3.05) is 39.3 Å². The molecule has 0 radical (unpaired) electrons. The number of hydrogen-bond donors (Lipinski definition) is 2. The van der Waals surface area contributed by atoms with E-state index in [1.807, 2.05) is 12.1 Å². The van der Waals surface area contributed by atoms with E-state index in [-0.39, 0.29) is 29.8 Å². The van der Waals surface area contributed by atoms with Crippen molar-refractivity contribution in [2.24, 2.45) is 10.9 Å². The Morgan fingerprint density at radius 3 is 2.58 bits per heavy atom. The predicted molar refractivity (Wildman–Crippen MR) is 119 cm³/mol.